The zero-order chi connectivity index (χ0) is 12.7. The van der Waals surface area contributed by atoms with E-state index in [0.29, 0.717) is 18.3 Å². The molecule has 1 unspecified atom stereocenters. The summed E-state index contributed by atoms with van der Waals surface area (Å²) in [7, 11) is 0. The smallest absolute Gasteiger partial charge is 0.124 e. The van der Waals surface area contributed by atoms with Crippen LogP contribution in [-0.4, -0.2) is 12.4 Å². The molecule has 1 nitrogen and oxygen atoms in total. The van der Waals surface area contributed by atoms with Crippen molar-refractivity contribution in [1.82, 2.24) is 5.32 Å². The first-order valence-corrected chi connectivity index (χ1v) is 7.20. The Kier molecular flexibility index (Phi) is 7.09. The van der Waals surface area contributed by atoms with Crippen LogP contribution in [0.15, 0.2) is 22.7 Å². The third-order valence-corrected chi connectivity index (χ3v) is 3.46. The first-order chi connectivity index (χ1) is 8.15. The second kappa shape index (κ2) is 8.06. The number of rotatable bonds is 7. The van der Waals surface area contributed by atoms with Crippen molar-refractivity contribution >= 4 is 27.5 Å². The van der Waals surface area contributed by atoms with Crippen LogP contribution < -0.4 is 5.32 Å². The van der Waals surface area contributed by atoms with Crippen LogP contribution in [0.2, 0.25) is 0 Å². The molecule has 4 heteroatoms. The van der Waals surface area contributed by atoms with Crippen LogP contribution in [0.5, 0.6) is 0 Å². The van der Waals surface area contributed by atoms with Crippen molar-refractivity contribution in [3.63, 3.8) is 0 Å². The number of benzene rings is 1. The van der Waals surface area contributed by atoms with E-state index >= 15 is 0 Å². The minimum absolute atomic E-state index is 0.205. The third kappa shape index (κ3) is 5.84. The predicted molar refractivity (Wildman–Crippen MR) is 74.9 cm³/mol. The summed E-state index contributed by atoms with van der Waals surface area (Å²) in [5, 5.41) is 3.35. The van der Waals surface area contributed by atoms with Gasteiger partial charge in [-0.1, -0.05) is 29.3 Å². The first kappa shape index (κ1) is 14.9. The van der Waals surface area contributed by atoms with Gasteiger partial charge in [0.1, 0.15) is 5.82 Å². The van der Waals surface area contributed by atoms with Crippen molar-refractivity contribution in [2.24, 2.45) is 5.92 Å². The number of hydrogen-bond donors (Lipinski definition) is 1. The zero-order valence-electron chi connectivity index (χ0n) is 9.98. The summed E-state index contributed by atoms with van der Waals surface area (Å²) >= 11 is 9.02. The maximum atomic E-state index is 13.1. The normalized spacial score (nSPS) is 12.7. The molecule has 0 saturated heterocycles. The molecule has 1 rings (SSSR count). The molecule has 0 aliphatic rings. The van der Waals surface area contributed by atoms with Gasteiger partial charge in [-0.3, -0.25) is 0 Å². The molecule has 0 aliphatic heterocycles. The Labute approximate surface area is 116 Å². The molecule has 0 amide bonds. The number of alkyl halides is 1. The van der Waals surface area contributed by atoms with Crippen LogP contribution >= 0.6 is 27.5 Å². The Balaban J connectivity index is 2.39. The zero-order valence-corrected chi connectivity index (χ0v) is 12.3. The minimum atomic E-state index is -0.205. The Bertz CT molecular complexity index is 326. The van der Waals surface area contributed by atoms with Gasteiger partial charge < -0.3 is 5.32 Å². The molecule has 1 aromatic rings. The molecular weight excluding hydrogens is 305 g/mol. The SMILES string of the molecule is CCC(CCCl)CNCc1cc(F)cc(Br)c1. The topological polar surface area (TPSA) is 12.0 Å². The standard InChI is InChI=1S/C13H18BrClFN/c1-2-10(3-4-15)8-17-9-11-5-12(14)7-13(16)6-11/h5-7,10,17H,2-4,8-9H2,1H3. The van der Waals surface area contributed by atoms with E-state index in [1.807, 2.05) is 6.07 Å². The van der Waals surface area contributed by atoms with E-state index in [1.54, 1.807) is 6.07 Å². The first-order valence-electron chi connectivity index (χ1n) is 5.87. The molecule has 17 heavy (non-hydrogen) atoms. The van der Waals surface area contributed by atoms with Gasteiger partial charge in [0.05, 0.1) is 0 Å². The molecule has 1 N–H and O–H groups in total. The van der Waals surface area contributed by atoms with Gasteiger partial charge >= 0.3 is 0 Å². The van der Waals surface area contributed by atoms with Crippen molar-refractivity contribution in [3.8, 4) is 0 Å². The highest BCUT2D eigenvalue weighted by molar-refractivity contribution is 9.10. The largest absolute Gasteiger partial charge is 0.312 e. The van der Waals surface area contributed by atoms with E-state index < -0.39 is 0 Å². The summed E-state index contributed by atoms with van der Waals surface area (Å²) < 4.78 is 13.9. The van der Waals surface area contributed by atoms with E-state index in [0.717, 1.165) is 29.4 Å². The van der Waals surface area contributed by atoms with Crippen molar-refractivity contribution in [3.05, 3.63) is 34.1 Å². The second-order valence-corrected chi connectivity index (χ2v) is 5.45. The highest BCUT2D eigenvalue weighted by atomic mass is 79.9. The van der Waals surface area contributed by atoms with E-state index in [1.165, 1.54) is 6.07 Å². The van der Waals surface area contributed by atoms with Gasteiger partial charge in [0.25, 0.3) is 0 Å². The molecule has 0 heterocycles. The van der Waals surface area contributed by atoms with Gasteiger partial charge in [-0.05, 0) is 42.6 Å². The minimum Gasteiger partial charge on any atom is -0.312 e. The van der Waals surface area contributed by atoms with Crippen LogP contribution in [0.25, 0.3) is 0 Å². The van der Waals surface area contributed by atoms with Crippen LogP contribution in [0.4, 0.5) is 4.39 Å². The molecule has 96 valence electrons. The summed E-state index contributed by atoms with van der Waals surface area (Å²) in [6.07, 6.45) is 2.14. The molecule has 0 saturated carbocycles. The van der Waals surface area contributed by atoms with E-state index in [-0.39, 0.29) is 5.82 Å². The molecular formula is C13H18BrClFN. The quantitative estimate of drug-likeness (QED) is 0.737. The fourth-order valence-corrected chi connectivity index (χ4v) is 2.56. The van der Waals surface area contributed by atoms with Crippen LogP contribution in [0.3, 0.4) is 0 Å². The lowest BCUT2D eigenvalue weighted by Crippen LogP contribution is -2.22. The Hall–Kier alpha value is -0.120. The van der Waals surface area contributed by atoms with Gasteiger partial charge in [-0.2, -0.15) is 0 Å². The fourth-order valence-electron chi connectivity index (χ4n) is 1.74. The number of nitrogens with one attached hydrogen (secondary N) is 1. The van der Waals surface area contributed by atoms with Gasteiger partial charge in [0.2, 0.25) is 0 Å². The van der Waals surface area contributed by atoms with Crippen LogP contribution in [0, 0.1) is 11.7 Å². The average Bonchev–Trinajstić information content (AvgIpc) is 2.26. The summed E-state index contributed by atoms with van der Waals surface area (Å²) in [4.78, 5) is 0. The molecule has 0 fully saturated rings. The molecule has 0 aliphatic carbocycles. The number of halogens is 3. The molecule has 0 bridgehead atoms. The van der Waals surface area contributed by atoms with E-state index in [4.69, 9.17) is 11.6 Å². The van der Waals surface area contributed by atoms with E-state index in [2.05, 4.69) is 28.2 Å². The monoisotopic (exact) mass is 321 g/mol. The second-order valence-electron chi connectivity index (χ2n) is 4.16. The van der Waals surface area contributed by atoms with Crippen LogP contribution in [-0.2, 0) is 6.54 Å². The predicted octanol–water partition coefficient (Wildman–Crippen LogP) is 4.33. The molecule has 1 aromatic carbocycles. The summed E-state index contributed by atoms with van der Waals surface area (Å²) in [6, 6.07) is 4.95. The van der Waals surface area contributed by atoms with Crippen molar-refractivity contribution in [2.75, 3.05) is 12.4 Å². The molecule has 0 radical (unpaired) electrons. The average molecular weight is 323 g/mol. The maximum Gasteiger partial charge on any atom is 0.124 e. The van der Waals surface area contributed by atoms with Crippen LogP contribution in [0.1, 0.15) is 25.3 Å². The summed E-state index contributed by atoms with van der Waals surface area (Å²) in [5.41, 5.74) is 0.956. The third-order valence-electron chi connectivity index (χ3n) is 2.78. The number of hydrogen-bond acceptors (Lipinski definition) is 1. The van der Waals surface area contributed by atoms with Crippen molar-refractivity contribution in [2.45, 2.75) is 26.3 Å². The van der Waals surface area contributed by atoms with Gasteiger partial charge in [-0.15, -0.1) is 11.6 Å². The summed E-state index contributed by atoms with van der Waals surface area (Å²) in [6.45, 7) is 3.78. The van der Waals surface area contributed by atoms with E-state index in [9.17, 15) is 4.39 Å². The lowest BCUT2D eigenvalue weighted by molar-refractivity contribution is 0.451. The lowest BCUT2D eigenvalue weighted by atomic mass is 10.0. The Morgan fingerprint density at radius 1 is 1.41 bits per heavy atom. The van der Waals surface area contributed by atoms with Gasteiger partial charge in [0, 0.05) is 16.9 Å². The Morgan fingerprint density at radius 3 is 2.76 bits per heavy atom. The molecule has 0 spiro atoms. The van der Waals surface area contributed by atoms with Crippen molar-refractivity contribution < 1.29 is 4.39 Å². The molecule has 0 aromatic heterocycles. The Morgan fingerprint density at radius 2 is 2.18 bits per heavy atom. The highest BCUT2D eigenvalue weighted by Crippen LogP contribution is 2.15. The molecule has 1 atom stereocenters. The fraction of sp³-hybridized carbons (Fsp3) is 0.538. The van der Waals surface area contributed by atoms with Gasteiger partial charge in [0.15, 0.2) is 0 Å². The lowest BCUT2D eigenvalue weighted by Gasteiger charge is -2.14. The van der Waals surface area contributed by atoms with Gasteiger partial charge in [-0.25, -0.2) is 4.39 Å². The maximum absolute atomic E-state index is 13.1. The van der Waals surface area contributed by atoms with Crippen molar-refractivity contribution in [1.29, 1.82) is 0 Å². The highest BCUT2D eigenvalue weighted by Gasteiger charge is 2.05. The summed E-state index contributed by atoms with van der Waals surface area (Å²) in [5.74, 6) is 1.10.